The van der Waals surface area contributed by atoms with E-state index >= 15 is 0 Å². The van der Waals surface area contributed by atoms with Crippen molar-refractivity contribution in [3.8, 4) is 0 Å². The van der Waals surface area contributed by atoms with E-state index < -0.39 is 10.0 Å². The molecule has 5 nitrogen and oxygen atoms in total. The third-order valence-electron chi connectivity index (χ3n) is 3.29. The lowest BCUT2D eigenvalue weighted by Crippen LogP contribution is -2.20. The maximum Gasteiger partial charge on any atom is 0.215 e. The standard InChI is InChI=1S/C14H21N3O2S/c1-15-20(18,19)11-12-4-5-14-13(10-12)6-7-17(14)9-8-16(2)3/h4-7,10,15H,8-9,11H2,1-3H3. The molecule has 110 valence electrons. The second kappa shape index (κ2) is 5.95. The van der Waals surface area contributed by atoms with E-state index in [2.05, 4.69) is 14.2 Å². The Morgan fingerprint density at radius 3 is 2.65 bits per heavy atom. The zero-order chi connectivity index (χ0) is 14.8. The van der Waals surface area contributed by atoms with Gasteiger partial charge in [0.1, 0.15) is 0 Å². The third kappa shape index (κ3) is 3.59. The van der Waals surface area contributed by atoms with Gasteiger partial charge in [0.2, 0.25) is 10.0 Å². The molecule has 1 aromatic carbocycles. The number of nitrogens with zero attached hydrogens (tertiary/aromatic N) is 2. The zero-order valence-electron chi connectivity index (χ0n) is 12.1. The Hall–Kier alpha value is -1.37. The number of nitrogens with one attached hydrogen (secondary N) is 1. The van der Waals surface area contributed by atoms with E-state index in [1.54, 1.807) is 0 Å². The molecule has 1 N–H and O–H groups in total. The average molecular weight is 295 g/mol. The van der Waals surface area contributed by atoms with Crippen LogP contribution in [0, 0.1) is 0 Å². The summed E-state index contributed by atoms with van der Waals surface area (Å²) in [5.74, 6) is 0.0162. The molecule has 0 unspecified atom stereocenters. The van der Waals surface area contributed by atoms with Gasteiger partial charge in [0.05, 0.1) is 5.75 Å². The molecule has 0 aliphatic carbocycles. The molecule has 0 aliphatic rings. The summed E-state index contributed by atoms with van der Waals surface area (Å²) in [4.78, 5) is 2.14. The number of sulfonamides is 1. The molecule has 20 heavy (non-hydrogen) atoms. The van der Waals surface area contributed by atoms with Crippen molar-refractivity contribution in [1.82, 2.24) is 14.2 Å². The van der Waals surface area contributed by atoms with E-state index in [9.17, 15) is 8.42 Å². The number of aromatic nitrogens is 1. The van der Waals surface area contributed by atoms with Gasteiger partial charge in [-0.25, -0.2) is 13.1 Å². The molecular weight excluding hydrogens is 274 g/mol. The highest BCUT2D eigenvalue weighted by Gasteiger charge is 2.10. The van der Waals surface area contributed by atoms with Crippen LogP contribution in [0.15, 0.2) is 30.5 Å². The number of likely N-dealkylation sites (N-methyl/N-ethyl adjacent to an activating group) is 1. The van der Waals surface area contributed by atoms with Gasteiger partial charge in [0.25, 0.3) is 0 Å². The van der Waals surface area contributed by atoms with Crippen LogP contribution in [-0.2, 0) is 22.3 Å². The molecule has 0 amide bonds. The van der Waals surface area contributed by atoms with Crippen molar-refractivity contribution in [2.24, 2.45) is 0 Å². The zero-order valence-corrected chi connectivity index (χ0v) is 12.9. The van der Waals surface area contributed by atoms with E-state index in [0.717, 1.165) is 29.6 Å². The number of rotatable bonds is 6. The largest absolute Gasteiger partial charge is 0.346 e. The molecule has 0 saturated heterocycles. The number of hydrogen-bond acceptors (Lipinski definition) is 3. The Balaban J connectivity index is 2.24. The highest BCUT2D eigenvalue weighted by atomic mass is 32.2. The summed E-state index contributed by atoms with van der Waals surface area (Å²) in [6.45, 7) is 1.89. The molecule has 1 aromatic heterocycles. The highest BCUT2D eigenvalue weighted by molar-refractivity contribution is 7.88. The van der Waals surface area contributed by atoms with Crippen molar-refractivity contribution >= 4 is 20.9 Å². The first-order chi connectivity index (χ1) is 9.41. The Labute approximate surface area is 120 Å². The molecule has 0 fully saturated rings. The van der Waals surface area contributed by atoms with Gasteiger partial charge in [-0.15, -0.1) is 0 Å². The minimum Gasteiger partial charge on any atom is -0.346 e. The van der Waals surface area contributed by atoms with Crippen molar-refractivity contribution < 1.29 is 8.42 Å². The lowest BCUT2D eigenvalue weighted by molar-refractivity contribution is 0.387. The first kappa shape index (κ1) is 15.0. The minimum atomic E-state index is -3.22. The number of hydrogen-bond donors (Lipinski definition) is 1. The van der Waals surface area contributed by atoms with Crippen LogP contribution >= 0.6 is 0 Å². The average Bonchev–Trinajstić information content (AvgIpc) is 2.78. The maximum atomic E-state index is 11.6. The summed E-state index contributed by atoms with van der Waals surface area (Å²) < 4.78 is 27.7. The van der Waals surface area contributed by atoms with Crippen molar-refractivity contribution in [3.05, 3.63) is 36.0 Å². The first-order valence-electron chi connectivity index (χ1n) is 6.55. The van der Waals surface area contributed by atoms with Gasteiger partial charge in [-0.2, -0.15) is 0 Å². The fraction of sp³-hybridized carbons (Fsp3) is 0.429. The smallest absolute Gasteiger partial charge is 0.215 e. The number of benzene rings is 1. The van der Waals surface area contributed by atoms with E-state index in [4.69, 9.17) is 0 Å². The van der Waals surface area contributed by atoms with Crippen LogP contribution in [0.1, 0.15) is 5.56 Å². The van der Waals surface area contributed by atoms with Crippen molar-refractivity contribution in [2.45, 2.75) is 12.3 Å². The molecule has 0 atom stereocenters. The highest BCUT2D eigenvalue weighted by Crippen LogP contribution is 2.19. The van der Waals surface area contributed by atoms with Crippen LogP contribution in [0.5, 0.6) is 0 Å². The SMILES string of the molecule is CNS(=O)(=O)Cc1ccc2c(ccn2CCN(C)C)c1. The van der Waals surface area contributed by atoms with Gasteiger partial charge in [0.15, 0.2) is 0 Å². The van der Waals surface area contributed by atoms with E-state index in [0.29, 0.717) is 0 Å². The minimum absolute atomic E-state index is 0.0162. The normalized spacial score (nSPS) is 12.4. The van der Waals surface area contributed by atoms with Gasteiger partial charge >= 0.3 is 0 Å². The van der Waals surface area contributed by atoms with Gasteiger partial charge in [0, 0.05) is 24.8 Å². The Morgan fingerprint density at radius 1 is 1.25 bits per heavy atom. The molecule has 0 saturated carbocycles. The van der Waals surface area contributed by atoms with Crippen LogP contribution in [0.4, 0.5) is 0 Å². The van der Waals surface area contributed by atoms with Crippen LogP contribution in [0.25, 0.3) is 10.9 Å². The predicted molar refractivity (Wildman–Crippen MR) is 82.2 cm³/mol. The van der Waals surface area contributed by atoms with Gasteiger partial charge in [-0.05, 0) is 50.3 Å². The van der Waals surface area contributed by atoms with Crippen LogP contribution in [0.2, 0.25) is 0 Å². The summed E-state index contributed by atoms with van der Waals surface area (Å²) >= 11 is 0. The third-order valence-corrected chi connectivity index (χ3v) is 4.63. The Bertz CT molecular complexity index is 690. The lowest BCUT2D eigenvalue weighted by Gasteiger charge is -2.11. The molecule has 0 spiro atoms. The Kier molecular flexibility index (Phi) is 4.47. The molecule has 0 aliphatic heterocycles. The Morgan fingerprint density at radius 2 is 2.00 bits per heavy atom. The lowest BCUT2D eigenvalue weighted by atomic mass is 10.2. The molecular formula is C14H21N3O2S. The van der Waals surface area contributed by atoms with Gasteiger partial charge in [-0.3, -0.25) is 0 Å². The summed E-state index contributed by atoms with van der Waals surface area (Å²) in [5.41, 5.74) is 1.94. The van der Waals surface area contributed by atoms with Crippen LogP contribution in [-0.4, -0.2) is 45.6 Å². The molecule has 6 heteroatoms. The molecule has 1 heterocycles. The van der Waals surface area contributed by atoms with Crippen molar-refractivity contribution in [1.29, 1.82) is 0 Å². The van der Waals surface area contributed by atoms with Crippen molar-refractivity contribution in [2.75, 3.05) is 27.7 Å². The fourth-order valence-corrected chi connectivity index (χ4v) is 2.90. The summed E-state index contributed by atoms with van der Waals surface area (Å²) in [6.07, 6.45) is 2.05. The number of fused-ring (bicyclic) bond motifs is 1. The molecule has 0 bridgehead atoms. The molecule has 2 aromatic rings. The molecule has 0 radical (unpaired) electrons. The van der Waals surface area contributed by atoms with Crippen LogP contribution < -0.4 is 4.72 Å². The van der Waals surface area contributed by atoms with E-state index in [1.165, 1.54) is 7.05 Å². The van der Waals surface area contributed by atoms with Crippen molar-refractivity contribution in [3.63, 3.8) is 0 Å². The maximum absolute atomic E-state index is 11.6. The van der Waals surface area contributed by atoms with Gasteiger partial charge < -0.3 is 9.47 Å². The van der Waals surface area contributed by atoms with Gasteiger partial charge in [-0.1, -0.05) is 6.07 Å². The summed E-state index contributed by atoms with van der Waals surface area (Å²) in [5, 5.41) is 1.08. The summed E-state index contributed by atoms with van der Waals surface area (Å²) in [6, 6.07) is 7.84. The predicted octanol–water partition coefficient (Wildman–Crippen LogP) is 1.25. The van der Waals surface area contributed by atoms with Crippen LogP contribution in [0.3, 0.4) is 0 Å². The first-order valence-corrected chi connectivity index (χ1v) is 8.20. The summed E-state index contributed by atoms with van der Waals surface area (Å²) in [7, 11) is 2.31. The monoisotopic (exact) mass is 295 g/mol. The van der Waals surface area contributed by atoms with E-state index in [1.807, 2.05) is 44.6 Å². The fourth-order valence-electron chi connectivity index (χ4n) is 2.13. The molecule has 2 rings (SSSR count). The quantitative estimate of drug-likeness (QED) is 0.873. The topological polar surface area (TPSA) is 54.3 Å². The van der Waals surface area contributed by atoms with E-state index in [-0.39, 0.29) is 5.75 Å². The second-order valence-electron chi connectivity index (χ2n) is 5.17. The second-order valence-corrected chi connectivity index (χ2v) is 7.10.